The zero-order valence-electron chi connectivity index (χ0n) is 13.3. The number of hydrogen-bond acceptors (Lipinski definition) is 5. The van der Waals surface area contributed by atoms with Crippen molar-refractivity contribution in [2.45, 2.75) is 50.2 Å². The Morgan fingerprint density at radius 1 is 1.40 bits per heavy atom. The van der Waals surface area contributed by atoms with E-state index in [-0.39, 0.29) is 5.97 Å². The van der Waals surface area contributed by atoms with E-state index in [9.17, 15) is 4.79 Å². The summed E-state index contributed by atoms with van der Waals surface area (Å²) in [5.74, 6) is 0.413. The van der Waals surface area contributed by atoms with Crippen LogP contribution in [0.3, 0.4) is 0 Å². The molecule has 0 aromatic rings. The molecule has 4 unspecified atom stereocenters. The molecule has 0 radical (unpaired) electrons. The van der Waals surface area contributed by atoms with Gasteiger partial charge in [-0.15, -0.1) is 0 Å². The van der Waals surface area contributed by atoms with Crippen LogP contribution in [0.25, 0.3) is 0 Å². The van der Waals surface area contributed by atoms with E-state index < -0.39 is 5.54 Å². The fraction of sp³-hybridized carbons (Fsp3) is 0.933. The Kier molecular flexibility index (Phi) is 4.72. The number of nitrogens with two attached hydrogens (primary N) is 1. The summed E-state index contributed by atoms with van der Waals surface area (Å²) >= 11 is 0. The number of ether oxygens (including phenoxy) is 1. The lowest BCUT2D eigenvalue weighted by atomic mass is 9.79. The third kappa shape index (κ3) is 3.00. The van der Waals surface area contributed by atoms with Crippen LogP contribution < -0.4 is 5.73 Å². The molecule has 2 rings (SSSR count). The van der Waals surface area contributed by atoms with Crippen molar-refractivity contribution in [3.63, 3.8) is 0 Å². The molecule has 5 heteroatoms. The monoisotopic (exact) mass is 283 g/mol. The van der Waals surface area contributed by atoms with E-state index in [1.54, 1.807) is 0 Å². The standard InChI is InChI=1S/C15H29N3O2/c1-11-9-18(10-13(11)17(2)3)12-6-5-7-15(16,8-12)14(19)20-4/h11-13H,5-10,16H2,1-4H3. The highest BCUT2D eigenvalue weighted by molar-refractivity contribution is 5.80. The van der Waals surface area contributed by atoms with Crippen LogP contribution in [0.5, 0.6) is 0 Å². The van der Waals surface area contributed by atoms with Gasteiger partial charge in [0.15, 0.2) is 0 Å². The zero-order valence-corrected chi connectivity index (χ0v) is 13.3. The van der Waals surface area contributed by atoms with Crippen LogP contribution in [-0.2, 0) is 9.53 Å². The van der Waals surface area contributed by atoms with Gasteiger partial charge in [0, 0.05) is 25.2 Å². The molecule has 1 saturated carbocycles. The van der Waals surface area contributed by atoms with Crippen molar-refractivity contribution in [1.29, 1.82) is 0 Å². The number of carbonyl (C=O) groups is 1. The Bertz CT molecular complexity index is 361. The number of likely N-dealkylation sites (N-methyl/N-ethyl adjacent to an activating group) is 1. The summed E-state index contributed by atoms with van der Waals surface area (Å²) in [4.78, 5) is 16.7. The van der Waals surface area contributed by atoms with Crippen LogP contribution in [0.1, 0.15) is 32.6 Å². The van der Waals surface area contributed by atoms with Crippen LogP contribution in [0.2, 0.25) is 0 Å². The minimum atomic E-state index is -0.781. The first-order chi connectivity index (χ1) is 9.37. The van der Waals surface area contributed by atoms with Crippen molar-refractivity contribution >= 4 is 5.97 Å². The van der Waals surface area contributed by atoms with Crippen LogP contribution >= 0.6 is 0 Å². The first-order valence-corrected chi connectivity index (χ1v) is 7.65. The zero-order chi connectivity index (χ0) is 14.9. The van der Waals surface area contributed by atoms with Crippen molar-refractivity contribution in [2.24, 2.45) is 11.7 Å². The SMILES string of the molecule is COC(=O)C1(N)CCCC(N2CC(C)C(N(C)C)C2)C1. The minimum absolute atomic E-state index is 0.251. The Hall–Kier alpha value is -0.650. The average Bonchev–Trinajstić information content (AvgIpc) is 2.80. The third-order valence-electron chi connectivity index (χ3n) is 5.13. The summed E-state index contributed by atoms with van der Waals surface area (Å²) in [5, 5.41) is 0. The highest BCUT2D eigenvalue weighted by Crippen LogP contribution is 2.33. The van der Waals surface area contributed by atoms with Crippen LogP contribution in [0.4, 0.5) is 0 Å². The Labute approximate surface area is 122 Å². The number of esters is 1. The molecule has 2 aliphatic rings. The quantitative estimate of drug-likeness (QED) is 0.772. The summed E-state index contributed by atoms with van der Waals surface area (Å²) in [7, 11) is 5.72. The average molecular weight is 283 g/mol. The molecule has 1 aliphatic carbocycles. The molecule has 1 aliphatic heterocycles. The van der Waals surface area contributed by atoms with Crippen LogP contribution in [-0.4, -0.2) is 67.7 Å². The Morgan fingerprint density at radius 3 is 2.65 bits per heavy atom. The van der Waals surface area contributed by atoms with Gasteiger partial charge in [0.2, 0.25) is 0 Å². The topological polar surface area (TPSA) is 58.8 Å². The summed E-state index contributed by atoms with van der Waals surface area (Å²) < 4.78 is 4.89. The second-order valence-electron chi connectivity index (χ2n) is 6.86. The highest BCUT2D eigenvalue weighted by atomic mass is 16.5. The van der Waals surface area contributed by atoms with Gasteiger partial charge in [-0.2, -0.15) is 0 Å². The molecule has 0 aromatic carbocycles. The number of hydrogen-bond donors (Lipinski definition) is 1. The molecule has 1 heterocycles. The van der Waals surface area contributed by atoms with Gasteiger partial charge in [0.1, 0.15) is 5.54 Å². The summed E-state index contributed by atoms with van der Waals surface area (Å²) in [6, 6.07) is 1.02. The maximum Gasteiger partial charge on any atom is 0.325 e. The van der Waals surface area contributed by atoms with Crippen molar-refractivity contribution in [2.75, 3.05) is 34.3 Å². The summed E-state index contributed by atoms with van der Waals surface area (Å²) in [6.07, 6.45) is 3.62. The molecule has 2 fully saturated rings. The maximum absolute atomic E-state index is 11.9. The van der Waals surface area contributed by atoms with Crippen LogP contribution in [0, 0.1) is 5.92 Å². The van der Waals surface area contributed by atoms with Gasteiger partial charge in [0.05, 0.1) is 7.11 Å². The number of methoxy groups -OCH3 is 1. The third-order valence-corrected chi connectivity index (χ3v) is 5.13. The predicted molar refractivity (Wildman–Crippen MR) is 79.4 cm³/mol. The van der Waals surface area contributed by atoms with Gasteiger partial charge >= 0.3 is 5.97 Å². The Morgan fingerprint density at radius 2 is 2.10 bits per heavy atom. The summed E-state index contributed by atoms with van der Waals surface area (Å²) in [5.41, 5.74) is 5.51. The fourth-order valence-electron chi connectivity index (χ4n) is 3.93. The largest absolute Gasteiger partial charge is 0.468 e. The molecule has 1 saturated heterocycles. The lowest BCUT2D eigenvalue weighted by molar-refractivity contribution is -0.149. The minimum Gasteiger partial charge on any atom is -0.468 e. The van der Waals surface area contributed by atoms with Crippen LogP contribution in [0.15, 0.2) is 0 Å². The highest BCUT2D eigenvalue weighted by Gasteiger charge is 2.44. The van der Waals surface area contributed by atoms with E-state index in [4.69, 9.17) is 10.5 Å². The van der Waals surface area contributed by atoms with Gasteiger partial charge in [-0.05, 0) is 45.7 Å². The van der Waals surface area contributed by atoms with Crippen molar-refractivity contribution < 1.29 is 9.53 Å². The number of nitrogens with zero attached hydrogens (tertiary/aromatic N) is 2. The maximum atomic E-state index is 11.9. The molecular formula is C15H29N3O2. The van der Waals surface area contributed by atoms with Gasteiger partial charge in [-0.25, -0.2) is 0 Å². The normalized spacial score (nSPS) is 39.2. The van der Waals surface area contributed by atoms with E-state index in [0.717, 1.165) is 38.8 Å². The van der Waals surface area contributed by atoms with E-state index >= 15 is 0 Å². The lowest BCUT2D eigenvalue weighted by Crippen LogP contribution is -2.56. The predicted octanol–water partition coefficient (Wildman–Crippen LogP) is 0.681. The summed E-state index contributed by atoms with van der Waals surface area (Å²) in [6.45, 7) is 4.49. The second-order valence-corrected chi connectivity index (χ2v) is 6.86. The smallest absolute Gasteiger partial charge is 0.325 e. The number of likely N-dealkylation sites (tertiary alicyclic amines) is 1. The van der Waals surface area contributed by atoms with E-state index in [1.165, 1.54) is 7.11 Å². The molecule has 20 heavy (non-hydrogen) atoms. The van der Waals surface area contributed by atoms with Gasteiger partial charge in [-0.1, -0.05) is 6.92 Å². The molecule has 2 N–H and O–H groups in total. The molecule has 4 atom stereocenters. The molecule has 0 amide bonds. The van der Waals surface area contributed by atoms with Gasteiger partial charge in [0.25, 0.3) is 0 Å². The molecule has 0 spiro atoms. The van der Waals surface area contributed by atoms with Gasteiger partial charge in [-0.3, -0.25) is 9.69 Å². The van der Waals surface area contributed by atoms with Gasteiger partial charge < -0.3 is 15.4 Å². The molecular weight excluding hydrogens is 254 g/mol. The van der Waals surface area contributed by atoms with E-state index in [0.29, 0.717) is 18.0 Å². The molecule has 116 valence electrons. The molecule has 0 aromatic heterocycles. The fourth-order valence-corrected chi connectivity index (χ4v) is 3.93. The van der Waals surface area contributed by atoms with Crippen molar-refractivity contribution in [3.05, 3.63) is 0 Å². The van der Waals surface area contributed by atoms with E-state index in [2.05, 4.69) is 30.8 Å². The number of carbonyl (C=O) groups excluding carboxylic acids is 1. The molecule has 5 nitrogen and oxygen atoms in total. The Balaban J connectivity index is 2.02. The lowest BCUT2D eigenvalue weighted by Gasteiger charge is -2.39. The first kappa shape index (κ1) is 15.7. The molecule has 0 bridgehead atoms. The first-order valence-electron chi connectivity index (χ1n) is 7.65. The van der Waals surface area contributed by atoms with Crippen molar-refractivity contribution in [1.82, 2.24) is 9.80 Å². The second kappa shape index (κ2) is 6.00. The number of rotatable bonds is 3. The van der Waals surface area contributed by atoms with E-state index in [1.807, 2.05) is 0 Å². The van der Waals surface area contributed by atoms with Crippen molar-refractivity contribution in [3.8, 4) is 0 Å².